The van der Waals surface area contributed by atoms with Crippen LogP contribution < -0.4 is 22.6 Å². The molecule has 0 aliphatic rings. The molecule has 0 unspecified atom stereocenters. The van der Waals surface area contributed by atoms with Crippen LogP contribution in [0.15, 0.2) is 18.2 Å². The minimum atomic E-state index is 0. The second-order valence-corrected chi connectivity index (χ2v) is 4.13. The third kappa shape index (κ3) is 3.07. The first-order valence-electron chi connectivity index (χ1n) is 3.78. The van der Waals surface area contributed by atoms with Gasteiger partial charge in [0, 0.05) is 11.8 Å². The van der Waals surface area contributed by atoms with Crippen LogP contribution in [0.25, 0.3) is 0 Å². The lowest BCUT2D eigenvalue weighted by atomic mass is 10.2. The molecule has 0 amide bonds. The Hall–Kier alpha value is -0.440. The van der Waals surface area contributed by atoms with Crippen LogP contribution in [0.1, 0.15) is 0 Å². The van der Waals surface area contributed by atoms with Crippen LogP contribution in [0.2, 0.25) is 5.02 Å². The molecule has 0 heterocycles. The third-order valence-corrected chi connectivity index (χ3v) is 2.00. The van der Waals surface area contributed by atoms with E-state index < -0.39 is 0 Å². The van der Waals surface area contributed by atoms with Crippen molar-refractivity contribution < 1.29 is 12.4 Å². The highest BCUT2D eigenvalue weighted by atomic mass is 35.5. The minimum absolute atomic E-state index is 0. The molecule has 1 aromatic rings. The predicted molar refractivity (Wildman–Crippen MR) is 55.4 cm³/mol. The van der Waals surface area contributed by atoms with Crippen LogP contribution in [0.4, 0.5) is 11.4 Å². The summed E-state index contributed by atoms with van der Waals surface area (Å²) >= 11 is 6.02. The number of rotatable bonds is 1. The number of anilines is 1. The van der Waals surface area contributed by atoms with Crippen molar-refractivity contribution in [3.8, 4) is 0 Å². The van der Waals surface area contributed by atoms with Crippen LogP contribution in [-0.2, 0) is 0 Å². The molecule has 0 radical (unpaired) electrons. The van der Waals surface area contributed by atoms with Crippen molar-refractivity contribution in [1.29, 1.82) is 0 Å². The molecule has 0 aromatic heterocycles. The van der Waals surface area contributed by atoms with Crippen molar-refractivity contribution in [1.82, 2.24) is 4.48 Å². The van der Waals surface area contributed by atoms with Gasteiger partial charge < -0.3 is 18.1 Å². The first-order chi connectivity index (χ1) is 5.41. The van der Waals surface area contributed by atoms with E-state index in [0.29, 0.717) is 10.2 Å². The molecule has 0 aliphatic carbocycles. The summed E-state index contributed by atoms with van der Waals surface area (Å²) in [5.41, 5.74) is 7.36. The Bertz CT molecular complexity index is 292. The standard InChI is InChI=1S/C9H14ClN2.ClH/c1-12(2,3)9-5-4-7(11)6-8(9)10;/h4-6H,11H2,1-3H3;1H/q+1;/p-1. The normalized spacial score (nSPS) is 10.8. The van der Waals surface area contributed by atoms with E-state index in [-0.39, 0.29) is 12.4 Å². The number of benzene rings is 1. The maximum absolute atomic E-state index is 6.02. The minimum Gasteiger partial charge on any atom is -1.00 e. The molecule has 0 atom stereocenters. The van der Waals surface area contributed by atoms with Gasteiger partial charge in [-0.1, -0.05) is 11.6 Å². The fourth-order valence-corrected chi connectivity index (χ4v) is 1.51. The van der Waals surface area contributed by atoms with E-state index in [1.165, 1.54) is 0 Å². The summed E-state index contributed by atoms with van der Waals surface area (Å²) in [6.07, 6.45) is 0. The van der Waals surface area contributed by atoms with E-state index in [2.05, 4.69) is 21.1 Å². The number of hydrogen-bond donors (Lipinski definition) is 1. The van der Waals surface area contributed by atoms with E-state index in [1.807, 2.05) is 12.1 Å². The predicted octanol–water partition coefficient (Wildman–Crippen LogP) is -0.877. The van der Waals surface area contributed by atoms with Gasteiger partial charge in [-0.3, -0.25) is 4.48 Å². The van der Waals surface area contributed by atoms with E-state index in [4.69, 9.17) is 17.3 Å². The van der Waals surface area contributed by atoms with Gasteiger partial charge in [0.25, 0.3) is 0 Å². The molecule has 0 fully saturated rings. The molecular formula is C9H14Cl2N2. The van der Waals surface area contributed by atoms with Gasteiger partial charge >= 0.3 is 0 Å². The molecule has 13 heavy (non-hydrogen) atoms. The topological polar surface area (TPSA) is 26.0 Å². The van der Waals surface area contributed by atoms with Gasteiger partial charge in [0.1, 0.15) is 5.02 Å². The smallest absolute Gasteiger partial charge is 0.151 e. The fraction of sp³-hybridized carbons (Fsp3) is 0.333. The summed E-state index contributed by atoms with van der Waals surface area (Å²) in [6, 6.07) is 5.60. The zero-order valence-corrected chi connectivity index (χ0v) is 9.52. The van der Waals surface area contributed by atoms with Crippen molar-refractivity contribution >= 4 is 23.0 Å². The Labute approximate surface area is 90.3 Å². The summed E-state index contributed by atoms with van der Waals surface area (Å²) in [6.45, 7) is 0. The first kappa shape index (κ1) is 12.6. The fourth-order valence-electron chi connectivity index (χ4n) is 1.07. The molecule has 1 rings (SSSR count). The number of nitrogen functional groups attached to an aromatic ring is 1. The number of halogens is 2. The van der Waals surface area contributed by atoms with Gasteiger partial charge in [-0.05, 0) is 12.1 Å². The highest BCUT2D eigenvalue weighted by molar-refractivity contribution is 6.33. The summed E-state index contributed by atoms with van der Waals surface area (Å²) in [5.74, 6) is 0. The Kier molecular flexibility index (Phi) is 4.04. The van der Waals surface area contributed by atoms with Crippen molar-refractivity contribution in [2.24, 2.45) is 0 Å². The number of quaternary nitrogens is 1. The van der Waals surface area contributed by atoms with Crippen LogP contribution in [0, 0.1) is 0 Å². The molecule has 0 saturated carbocycles. The largest absolute Gasteiger partial charge is 1.00 e. The maximum atomic E-state index is 6.02. The van der Waals surface area contributed by atoms with E-state index in [0.717, 1.165) is 10.7 Å². The zero-order valence-electron chi connectivity index (χ0n) is 8.01. The summed E-state index contributed by atoms with van der Waals surface area (Å²) in [5, 5.41) is 0.725. The maximum Gasteiger partial charge on any atom is 0.151 e. The Morgan fingerprint density at radius 3 is 2.15 bits per heavy atom. The summed E-state index contributed by atoms with van der Waals surface area (Å²) in [7, 11) is 6.20. The Morgan fingerprint density at radius 2 is 1.77 bits per heavy atom. The number of nitrogens with zero attached hydrogens (tertiary/aromatic N) is 1. The van der Waals surface area contributed by atoms with Gasteiger partial charge in [0.15, 0.2) is 5.69 Å². The van der Waals surface area contributed by atoms with Crippen molar-refractivity contribution in [2.75, 3.05) is 26.9 Å². The Balaban J connectivity index is 0.00000144. The monoisotopic (exact) mass is 220 g/mol. The molecule has 0 aliphatic heterocycles. The molecular weight excluding hydrogens is 207 g/mol. The molecule has 4 heteroatoms. The van der Waals surface area contributed by atoms with Gasteiger partial charge in [-0.15, -0.1) is 0 Å². The lowest BCUT2D eigenvalue weighted by Crippen LogP contribution is -3.00. The van der Waals surface area contributed by atoms with E-state index in [1.54, 1.807) is 6.07 Å². The van der Waals surface area contributed by atoms with Crippen LogP contribution >= 0.6 is 11.6 Å². The van der Waals surface area contributed by atoms with Crippen LogP contribution in [-0.4, -0.2) is 21.1 Å². The number of nitrogens with two attached hydrogens (primary N) is 1. The molecule has 0 bridgehead atoms. The average Bonchev–Trinajstić information content (AvgIpc) is 1.83. The van der Waals surface area contributed by atoms with Gasteiger partial charge in [-0.25, -0.2) is 0 Å². The summed E-state index contributed by atoms with van der Waals surface area (Å²) < 4.78 is 0.707. The molecule has 74 valence electrons. The van der Waals surface area contributed by atoms with Crippen LogP contribution in [0.5, 0.6) is 0 Å². The molecule has 1 aromatic carbocycles. The zero-order chi connectivity index (χ0) is 9.35. The number of hydrogen-bond acceptors (Lipinski definition) is 1. The highest BCUT2D eigenvalue weighted by Crippen LogP contribution is 2.29. The van der Waals surface area contributed by atoms with Gasteiger partial charge in [0.05, 0.1) is 21.1 Å². The van der Waals surface area contributed by atoms with Gasteiger partial charge in [0.2, 0.25) is 0 Å². The van der Waals surface area contributed by atoms with Crippen molar-refractivity contribution in [3.63, 3.8) is 0 Å². The average molecular weight is 221 g/mol. The molecule has 2 nitrogen and oxygen atoms in total. The highest BCUT2D eigenvalue weighted by Gasteiger charge is 2.15. The van der Waals surface area contributed by atoms with Crippen LogP contribution in [0.3, 0.4) is 0 Å². The molecule has 0 spiro atoms. The Morgan fingerprint density at radius 1 is 1.23 bits per heavy atom. The van der Waals surface area contributed by atoms with Crippen molar-refractivity contribution in [3.05, 3.63) is 23.2 Å². The third-order valence-electron chi connectivity index (χ3n) is 1.69. The second kappa shape index (κ2) is 4.18. The van der Waals surface area contributed by atoms with Gasteiger partial charge in [-0.2, -0.15) is 0 Å². The summed E-state index contributed by atoms with van der Waals surface area (Å²) in [4.78, 5) is 0. The van der Waals surface area contributed by atoms with E-state index in [9.17, 15) is 0 Å². The van der Waals surface area contributed by atoms with E-state index >= 15 is 0 Å². The first-order valence-corrected chi connectivity index (χ1v) is 4.16. The second-order valence-electron chi connectivity index (χ2n) is 3.72. The quantitative estimate of drug-likeness (QED) is 0.484. The lowest BCUT2D eigenvalue weighted by molar-refractivity contribution is -0.00000272. The molecule has 0 saturated heterocycles. The van der Waals surface area contributed by atoms with Crippen molar-refractivity contribution in [2.45, 2.75) is 0 Å². The SMILES string of the molecule is C[N+](C)(C)c1ccc(N)cc1Cl.[Cl-]. The lowest BCUT2D eigenvalue weighted by Gasteiger charge is -2.24. The molecule has 2 N–H and O–H groups in total.